The molecule has 0 aliphatic carbocycles. The van der Waals surface area contributed by atoms with Gasteiger partial charge in [0.25, 0.3) is 0 Å². The Morgan fingerprint density at radius 1 is 1.35 bits per heavy atom. The molecule has 0 saturated carbocycles. The summed E-state index contributed by atoms with van der Waals surface area (Å²) >= 11 is 0. The van der Waals surface area contributed by atoms with Crippen LogP contribution in [-0.4, -0.2) is 21.5 Å². The van der Waals surface area contributed by atoms with Crippen LogP contribution < -0.4 is 5.32 Å². The number of aromatic amines is 1. The Morgan fingerprint density at radius 2 is 2.29 bits per heavy atom. The first-order valence-electron chi connectivity index (χ1n) is 5.47. The summed E-state index contributed by atoms with van der Waals surface area (Å²) in [7, 11) is 0. The topological polar surface area (TPSA) is 77.4 Å². The highest BCUT2D eigenvalue weighted by Crippen LogP contribution is 2.07. The normalized spacial score (nSPS) is 9.82. The highest BCUT2D eigenvalue weighted by Gasteiger charge is 1.97. The second kappa shape index (κ2) is 5.66. The molecule has 0 amide bonds. The fourth-order valence-electron chi connectivity index (χ4n) is 1.52. The van der Waals surface area contributed by atoms with Crippen molar-refractivity contribution in [2.75, 3.05) is 11.9 Å². The lowest BCUT2D eigenvalue weighted by molar-refractivity contribution is 0.816. The van der Waals surface area contributed by atoms with Crippen LogP contribution in [-0.2, 0) is 6.42 Å². The third-order valence-electron chi connectivity index (χ3n) is 2.35. The van der Waals surface area contributed by atoms with Crippen molar-refractivity contribution in [3.05, 3.63) is 42.2 Å². The lowest BCUT2D eigenvalue weighted by atomic mass is 10.3. The van der Waals surface area contributed by atoms with Gasteiger partial charge in [-0.15, -0.1) is 0 Å². The van der Waals surface area contributed by atoms with Gasteiger partial charge in [-0.05, 0) is 18.6 Å². The van der Waals surface area contributed by atoms with Gasteiger partial charge in [0.15, 0.2) is 0 Å². The van der Waals surface area contributed by atoms with E-state index in [9.17, 15) is 0 Å². The second-order valence-electron chi connectivity index (χ2n) is 3.61. The molecule has 2 aromatic heterocycles. The number of hydrogen-bond donors (Lipinski definition) is 2. The molecule has 5 nitrogen and oxygen atoms in total. The number of nitrogens with one attached hydrogen (secondary N) is 2. The van der Waals surface area contributed by atoms with Gasteiger partial charge in [0.1, 0.15) is 17.6 Å². The number of nitrogens with zero attached hydrogens (tertiary/aromatic N) is 3. The van der Waals surface area contributed by atoms with Gasteiger partial charge in [-0.1, -0.05) is 0 Å². The van der Waals surface area contributed by atoms with Crippen molar-refractivity contribution < 1.29 is 0 Å². The summed E-state index contributed by atoms with van der Waals surface area (Å²) in [6, 6.07) is 5.61. The van der Waals surface area contributed by atoms with Crippen LogP contribution in [0.5, 0.6) is 0 Å². The molecular formula is C12H13N5. The summed E-state index contributed by atoms with van der Waals surface area (Å²) in [6.45, 7) is 0.843. The second-order valence-corrected chi connectivity index (χ2v) is 3.61. The van der Waals surface area contributed by atoms with Crippen LogP contribution in [0.25, 0.3) is 0 Å². The number of pyridine rings is 1. The first-order chi connectivity index (χ1) is 8.38. The van der Waals surface area contributed by atoms with E-state index in [1.165, 1.54) is 0 Å². The summed E-state index contributed by atoms with van der Waals surface area (Å²) in [5, 5.41) is 12.0. The van der Waals surface area contributed by atoms with Crippen molar-refractivity contribution in [2.45, 2.75) is 12.8 Å². The van der Waals surface area contributed by atoms with E-state index in [1.54, 1.807) is 18.5 Å². The molecule has 2 N–H and O–H groups in total. The molecule has 0 aliphatic rings. The quantitative estimate of drug-likeness (QED) is 0.762. The molecule has 0 spiro atoms. The maximum absolute atomic E-state index is 8.71. The molecule has 0 aromatic carbocycles. The predicted octanol–water partition coefficient (Wildman–Crippen LogP) is 1.72. The van der Waals surface area contributed by atoms with Crippen LogP contribution in [0.15, 0.2) is 30.7 Å². The molecule has 2 heterocycles. The Labute approximate surface area is 99.5 Å². The molecule has 0 radical (unpaired) electrons. The highest BCUT2D eigenvalue weighted by atomic mass is 14.9. The van der Waals surface area contributed by atoms with E-state index in [4.69, 9.17) is 5.26 Å². The number of imidazole rings is 1. The Kier molecular flexibility index (Phi) is 3.71. The number of hydrogen-bond acceptors (Lipinski definition) is 4. The number of rotatable bonds is 5. The van der Waals surface area contributed by atoms with E-state index < -0.39 is 0 Å². The van der Waals surface area contributed by atoms with Crippen LogP contribution in [0.3, 0.4) is 0 Å². The smallest absolute Gasteiger partial charge is 0.142 e. The van der Waals surface area contributed by atoms with E-state index in [1.807, 2.05) is 18.3 Å². The fraction of sp³-hybridized carbons (Fsp3) is 0.250. The minimum Gasteiger partial charge on any atom is -0.385 e. The minimum absolute atomic E-state index is 0.432. The maximum atomic E-state index is 8.71. The van der Waals surface area contributed by atoms with Crippen LogP contribution in [0.2, 0.25) is 0 Å². The van der Waals surface area contributed by atoms with E-state index in [2.05, 4.69) is 20.3 Å². The third kappa shape index (κ3) is 3.31. The van der Waals surface area contributed by atoms with Gasteiger partial charge in [0, 0.05) is 37.2 Å². The molecule has 2 aromatic rings. The van der Waals surface area contributed by atoms with Crippen molar-refractivity contribution in [1.29, 1.82) is 5.26 Å². The standard InChI is InChI=1S/C12H13N5/c13-9-11-8-10(3-5-15-11)14-4-1-2-12-16-6-7-17-12/h3,5-8H,1-2,4H2,(H,14,15)(H,16,17). The first kappa shape index (κ1) is 11.1. The van der Waals surface area contributed by atoms with Gasteiger partial charge in [-0.2, -0.15) is 5.26 Å². The van der Waals surface area contributed by atoms with E-state index in [0.717, 1.165) is 30.9 Å². The van der Waals surface area contributed by atoms with Crippen LogP contribution >= 0.6 is 0 Å². The molecule has 86 valence electrons. The van der Waals surface area contributed by atoms with Crippen molar-refractivity contribution >= 4 is 5.69 Å². The van der Waals surface area contributed by atoms with Crippen LogP contribution in [0.4, 0.5) is 5.69 Å². The average Bonchev–Trinajstić information content (AvgIpc) is 2.88. The molecule has 2 rings (SSSR count). The predicted molar refractivity (Wildman–Crippen MR) is 64.4 cm³/mol. The number of aromatic nitrogens is 3. The maximum Gasteiger partial charge on any atom is 0.142 e. The molecule has 0 unspecified atom stereocenters. The zero-order chi connectivity index (χ0) is 11.9. The zero-order valence-corrected chi connectivity index (χ0v) is 9.35. The van der Waals surface area contributed by atoms with Gasteiger partial charge in [0.2, 0.25) is 0 Å². The Morgan fingerprint density at radius 3 is 3.06 bits per heavy atom. The van der Waals surface area contributed by atoms with Crippen molar-refractivity contribution in [1.82, 2.24) is 15.0 Å². The number of nitriles is 1. The van der Waals surface area contributed by atoms with Crippen LogP contribution in [0.1, 0.15) is 17.9 Å². The highest BCUT2D eigenvalue weighted by molar-refractivity contribution is 5.45. The molecule has 5 heteroatoms. The number of anilines is 1. The average molecular weight is 227 g/mol. The van der Waals surface area contributed by atoms with Gasteiger partial charge < -0.3 is 10.3 Å². The lowest BCUT2D eigenvalue weighted by Gasteiger charge is -2.05. The summed E-state index contributed by atoms with van der Waals surface area (Å²) in [6.07, 6.45) is 7.11. The monoisotopic (exact) mass is 227 g/mol. The van der Waals surface area contributed by atoms with Crippen molar-refractivity contribution in [3.8, 4) is 6.07 Å². The SMILES string of the molecule is N#Cc1cc(NCCCc2ncc[nH]2)ccn1. The zero-order valence-electron chi connectivity index (χ0n) is 9.35. The fourth-order valence-corrected chi connectivity index (χ4v) is 1.52. The summed E-state index contributed by atoms with van der Waals surface area (Å²) in [4.78, 5) is 11.1. The number of H-pyrrole nitrogens is 1. The Bertz CT molecular complexity index is 498. The number of aryl methyl sites for hydroxylation is 1. The molecule has 0 fully saturated rings. The molecule has 0 saturated heterocycles. The minimum atomic E-state index is 0.432. The van der Waals surface area contributed by atoms with Crippen LogP contribution in [0, 0.1) is 11.3 Å². The molecule has 0 aliphatic heterocycles. The van der Waals surface area contributed by atoms with E-state index in [0.29, 0.717) is 5.69 Å². The lowest BCUT2D eigenvalue weighted by Crippen LogP contribution is -2.04. The molecule has 17 heavy (non-hydrogen) atoms. The third-order valence-corrected chi connectivity index (χ3v) is 2.35. The molecular weight excluding hydrogens is 214 g/mol. The van der Waals surface area contributed by atoms with Gasteiger partial charge in [0.05, 0.1) is 0 Å². The van der Waals surface area contributed by atoms with Gasteiger partial charge in [-0.25, -0.2) is 9.97 Å². The summed E-state index contributed by atoms with van der Waals surface area (Å²) in [5.74, 6) is 0.999. The Hall–Kier alpha value is -2.35. The Balaban J connectivity index is 1.76. The van der Waals surface area contributed by atoms with Crippen molar-refractivity contribution in [3.63, 3.8) is 0 Å². The van der Waals surface area contributed by atoms with E-state index in [-0.39, 0.29) is 0 Å². The summed E-state index contributed by atoms with van der Waals surface area (Å²) < 4.78 is 0. The molecule has 0 atom stereocenters. The van der Waals surface area contributed by atoms with Crippen molar-refractivity contribution in [2.24, 2.45) is 0 Å². The van der Waals surface area contributed by atoms with Gasteiger partial charge >= 0.3 is 0 Å². The molecule has 0 bridgehead atoms. The summed E-state index contributed by atoms with van der Waals surface area (Å²) in [5.41, 5.74) is 1.36. The van der Waals surface area contributed by atoms with Gasteiger partial charge in [-0.3, -0.25) is 0 Å². The van der Waals surface area contributed by atoms with E-state index >= 15 is 0 Å². The largest absolute Gasteiger partial charge is 0.385 e. The first-order valence-corrected chi connectivity index (χ1v) is 5.47.